The summed E-state index contributed by atoms with van der Waals surface area (Å²) in [6.45, 7) is 3.19. The first-order chi connectivity index (χ1) is 11.6. The van der Waals surface area contributed by atoms with Gasteiger partial charge in [-0.3, -0.25) is 14.4 Å². The van der Waals surface area contributed by atoms with Crippen molar-refractivity contribution < 1.29 is 24.2 Å². The average molecular weight is 378 g/mol. The van der Waals surface area contributed by atoms with Crippen LogP contribution in [0.4, 0.5) is 0 Å². The Hall–Kier alpha value is -1.38. The summed E-state index contributed by atoms with van der Waals surface area (Å²) in [5, 5.41) is 14.4. The maximum absolute atomic E-state index is 12.4. The Kier molecular flexibility index (Phi) is 9.77. The number of hydrogen-bond acceptors (Lipinski definition) is 5. The van der Waals surface area contributed by atoms with Crippen LogP contribution in [0.1, 0.15) is 32.1 Å². The number of amides is 2. The topological polar surface area (TPSA) is 108 Å². The summed E-state index contributed by atoms with van der Waals surface area (Å²) in [5.74, 6) is -0.645. The van der Waals surface area contributed by atoms with Crippen molar-refractivity contribution in [2.45, 2.75) is 38.2 Å². The normalized spacial score (nSPS) is 21.3. The number of ether oxygens (including phenoxy) is 1. The smallest absolute Gasteiger partial charge is 0.305 e. The van der Waals surface area contributed by atoms with Crippen molar-refractivity contribution in [2.24, 2.45) is 5.92 Å². The molecule has 0 bridgehead atoms. The Morgan fingerprint density at radius 1 is 1.20 bits per heavy atom. The molecule has 25 heavy (non-hydrogen) atoms. The van der Waals surface area contributed by atoms with Gasteiger partial charge in [-0.2, -0.15) is 0 Å². The lowest BCUT2D eigenvalue weighted by Gasteiger charge is -2.32. The van der Waals surface area contributed by atoms with Gasteiger partial charge in [0.15, 0.2) is 6.10 Å². The molecule has 144 valence electrons. The molecule has 2 heterocycles. The fourth-order valence-corrected chi connectivity index (χ4v) is 3.10. The molecular weight excluding hydrogens is 350 g/mol. The number of piperidine rings is 1. The summed E-state index contributed by atoms with van der Waals surface area (Å²) in [4.78, 5) is 36.5. The summed E-state index contributed by atoms with van der Waals surface area (Å²) in [7, 11) is 0. The highest BCUT2D eigenvalue weighted by Gasteiger charge is 2.29. The number of hydrogen-bond donors (Lipinski definition) is 3. The number of carboxylic acid groups (broad SMARTS) is 1. The van der Waals surface area contributed by atoms with E-state index in [4.69, 9.17) is 9.84 Å². The number of morpholine rings is 1. The number of nitrogens with zero attached hydrogens (tertiary/aromatic N) is 1. The number of rotatable bonds is 7. The molecule has 0 spiro atoms. The molecule has 1 unspecified atom stereocenters. The highest BCUT2D eigenvalue weighted by Crippen LogP contribution is 2.19. The molecule has 2 aliphatic heterocycles. The van der Waals surface area contributed by atoms with Crippen LogP contribution in [-0.2, 0) is 19.1 Å². The predicted octanol–water partition coefficient (Wildman–Crippen LogP) is 0.00630. The Labute approximate surface area is 154 Å². The number of carbonyl (C=O) groups excluding carboxylic acids is 2. The molecule has 2 aliphatic rings. The standard InChI is InChI=1S/C16H27N3O5.ClH/c20-14(2-1-12-3-6-17-7-4-12)19-9-10-24-13(11-19)16(23)18-8-5-15(21)22;/h12-13,17H,1-11H2,(H,18,23)(H,21,22);1H. The molecule has 0 saturated carbocycles. The van der Waals surface area contributed by atoms with E-state index in [9.17, 15) is 14.4 Å². The number of nitrogens with one attached hydrogen (secondary N) is 2. The van der Waals surface area contributed by atoms with Gasteiger partial charge in [0.05, 0.1) is 19.6 Å². The van der Waals surface area contributed by atoms with E-state index in [1.54, 1.807) is 4.90 Å². The van der Waals surface area contributed by atoms with Gasteiger partial charge < -0.3 is 25.4 Å². The van der Waals surface area contributed by atoms with E-state index in [1.165, 1.54) is 0 Å². The van der Waals surface area contributed by atoms with Gasteiger partial charge in [-0.15, -0.1) is 12.4 Å². The SMILES string of the molecule is Cl.O=C(O)CCNC(=O)C1CN(C(=O)CCC2CCNCC2)CCO1. The van der Waals surface area contributed by atoms with E-state index in [-0.39, 0.29) is 43.7 Å². The third-order valence-corrected chi connectivity index (χ3v) is 4.57. The molecular formula is C16H28ClN3O5. The third-order valence-electron chi connectivity index (χ3n) is 4.57. The van der Waals surface area contributed by atoms with Gasteiger partial charge in [-0.1, -0.05) is 0 Å². The summed E-state index contributed by atoms with van der Waals surface area (Å²) >= 11 is 0. The summed E-state index contributed by atoms with van der Waals surface area (Å²) in [5.41, 5.74) is 0. The fraction of sp³-hybridized carbons (Fsp3) is 0.812. The molecule has 1 atom stereocenters. The average Bonchev–Trinajstić information content (AvgIpc) is 2.60. The van der Waals surface area contributed by atoms with Crippen LogP contribution in [0.15, 0.2) is 0 Å². The zero-order valence-electron chi connectivity index (χ0n) is 14.4. The van der Waals surface area contributed by atoms with Crippen LogP contribution >= 0.6 is 12.4 Å². The van der Waals surface area contributed by atoms with Gasteiger partial charge >= 0.3 is 5.97 Å². The molecule has 0 aromatic heterocycles. The van der Waals surface area contributed by atoms with Crippen molar-refractivity contribution in [3.63, 3.8) is 0 Å². The minimum atomic E-state index is -0.963. The third kappa shape index (κ3) is 7.58. The minimum Gasteiger partial charge on any atom is -0.481 e. The van der Waals surface area contributed by atoms with Crippen LogP contribution in [-0.4, -0.2) is 73.2 Å². The zero-order chi connectivity index (χ0) is 17.4. The monoisotopic (exact) mass is 377 g/mol. The largest absolute Gasteiger partial charge is 0.481 e. The van der Waals surface area contributed by atoms with Crippen molar-refractivity contribution in [3.05, 3.63) is 0 Å². The Morgan fingerprint density at radius 3 is 2.60 bits per heavy atom. The number of aliphatic carboxylic acids is 1. The molecule has 2 fully saturated rings. The minimum absolute atomic E-state index is 0. The molecule has 9 heteroatoms. The predicted molar refractivity (Wildman–Crippen MR) is 93.7 cm³/mol. The summed E-state index contributed by atoms with van der Waals surface area (Å²) in [6.07, 6.45) is 2.80. The van der Waals surface area contributed by atoms with Crippen LogP contribution in [0.5, 0.6) is 0 Å². The lowest BCUT2D eigenvalue weighted by Crippen LogP contribution is -2.51. The highest BCUT2D eigenvalue weighted by molar-refractivity contribution is 5.85. The van der Waals surface area contributed by atoms with Crippen molar-refractivity contribution in [1.29, 1.82) is 0 Å². The van der Waals surface area contributed by atoms with Crippen molar-refractivity contribution >= 4 is 30.2 Å². The van der Waals surface area contributed by atoms with Gasteiger partial charge in [0.1, 0.15) is 0 Å². The summed E-state index contributed by atoms with van der Waals surface area (Å²) < 4.78 is 5.41. The second-order valence-electron chi connectivity index (χ2n) is 6.37. The van der Waals surface area contributed by atoms with E-state index in [2.05, 4.69) is 10.6 Å². The van der Waals surface area contributed by atoms with E-state index in [1.807, 2.05) is 0 Å². The molecule has 3 N–H and O–H groups in total. The maximum Gasteiger partial charge on any atom is 0.305 e. The number of carboxylic acids is 1. The van der Waals surface area contributed by atoms with Gasteiger partial charge in [0.2, 0.25) is 5.91 Å². The molecule has 2 amide bonds. The van der Waals surface area contributed by atoms with E-state index >= 15 is 0 Å². The molecule has 0 aromatic carbocycles. The zero-order valence-corrected chi connectivity index (χ0v) is 15.2. The molecule has 0 radical (unpaired) electrons. The first-order valence-corrected chi connectivity index (χ1v) is 8.66. The van der Waals surface area contributed by atoms with Gasteiger partial charge in [-0.25, -0.2) is 0 Å². The van der Waals surface area contributed by atoms with Crippen molar-refractivity contribution in [3.8, 4) is 0 Å². The first-order valence-electron chi connectivity index (χ1n) is 8.66. The second kappa shape index (κ2) is 11.3. The maximum atomic E-state index is 12.4. The van der Waals surface area contributed by atoms with Crippen LogP contribution < -0.4 is 10.6 Å². The molecule has 0 aliphatic carbocycles. The lowest BCUT2D eigenvalue weighted by molar-refractivity contribution is -0.147. The quantitative estimate of drug-likeness (QED) is 0.576. The molecule has 2 saturated heterocycles. The first kappa shape index (κ1) is 21.7. The van der Waals surface area contributed by atoms with E-state index in [0.717, 1.165) is 32.4 Å². The summed E-state index contributed by atoms with van der Waals surface area (Å²) in [6, 6.07) is 0. The Bertz CT molecular complexity index is 457. The highest BCUT2D eigenvalue weighted by atomic mass is 35.5. The van der Waals surface area contributed by atoms with Gasteiger partial charge in [0.25, 0.3) is 5.91 Å². The van der Waals surface area contributed by atoms with Crippen molar-refractivity contribution in [1.82, 2.24) is 15.5 Å². The van der Waals surface area contributed by atoms with Crippen LogP contribution in [0.3, 0.4) is 0 Å². The van der Waals surface area contributed by atoms with Crippen LogP contribution in [0, 0.1) is 5.92 Å². The Balaban J connectivity index is 0.00000312. The Morgan fingerprint density at radius 2 is 1.92 bits per heavy atom. The lowest BCUT2D eigenvalue weighted by atomic mass is 9.93. The van der Waals surface area contributed by atoms with E-state index < -0.39 is 12.1 Å². The van der Waals surface area contributed by atoms with Gasteiger partial charge in [0, 0.05) is 19.5 Å². The van der Waals surface area contributed by atoms with E-state index in [0.29, 0.717) is 25.5 Å². The second-order valence-corrected chi connectivity index (χ2v) is 6.37. The number of halogens is 1. The number of carbonyl (C=O) groups is 3. The van der Waals surface area contributed by atoms with Crippen LogP contribution in [0.2, 0.25) is 0 Å². The van der Waals surface area contributed by atoms with Crippen LogP contribution in [0.25, 0.3) is 0 Å². The fourth-order valence-electron chi connectivity index (χ4n) is 3.10. The molecule has 0 aromatic rings. The molecule has 2 rings (SSSR count). The molecule has 8 nitrogen and oxygen atoms in total. The van der Waals surface area contributed by atoms with Crippen molar-refractivity contribution in [2.75, 3.05) is 39.3 Å². The van der Waals surface area contributed by atoms with Gasteiger partial charge in [-0.05, 0) is 38.3 Å².